The molecule has 0 saturated carbocycles. The van der Waals surface area contributed by atoms with Crippen LogP contribution < -0.4 is 10.0 Å². The second kappa shape index (κ2) is 9.03. The van der Waals surface area contributed by atoms with Crippen molar-refractivity contribution < 1.29 is 17.6 Å². The van der Waals surface area contributed by atoms with Crippen LogP contribution in [0.25, 0.3) is 11.0 Å². The number of para-hydroxylation sites is 2. The fraction of sp³-hybridized carbons (Fsp3) is 0.167. The summed E-state index contributed by atoms with van der Waals surface area (Å²) in [7, 11) is -3.96. The van der Waals surface area contributed by atoms with Gasteiger partial charge in [0.2, 0.25) is 0 Å². The van der Waals surface area contributed by atoms with E-state index in [0.717, 1.165) is 23.2 Å². The molecular formula is C24H23FN4O3S. The number of nitrogens with one attached hydrogen (secondary N) is 2. The molecule has 0 aliphatic rings. The summed E-state index contributed by atoms with van der Waals surface area (Å²) >= 11 is 0. The third-order valence-electron chi connectivity index (χ3n) is 5.24. The highest BCUT2D eigenvalue weighted by Gasteiger charge is 2.20. The van der Waals surface area contributed by atoms with Gasteiger partial charge in [-0.15, -0.1) is 0 Å². The van der Waals surface area contributed by atoms with Gasteiger partial charge in [-0.05, 0) is 68.4 Å². The molecular weight excluding hydrogens is 443 g/mol. The zero-order chi connectivity index (χ0) is 23.6. The van der Waals surface area contributed by atoms with E-state index in [-0.39, 0.29) is 16.1 Å². The minimum absolute atomic E-state index is 0.0760. The van der Waals surface area contributed by atoms with Crippen molar-refractivity contribution in [1.29, 1.82) is 0 Å². The van der Waals surface area contributed by atoms with E-state index in [1.54, 1.807) is 6.07 Å². The van der Waals surface area contributed by atoms with Gasteiger partial charge in [-0.2, -0.15) is 0 Å². The van der Waals surface area contributed by atoms with Gasteiger partial charge in [-0.1, -0.05) is 18.2 Å². The Morgan fingerprint density at radius 2 is 1.79 bits per heavy atom. The molecule has 0 bridgehead atoms. The molecule has 4 aromatic rings. The Kier molecular flexibility index (Phi) is 6.15. The van der Waals surface area contributed by atoms with Gasteiger partial charge in [0.05, 0.1) is 22.0 Å². The SMILES string of the molecule is CCn1c(C(C)NC(=O)c2cccc(S(=O)(=O)Nc3ccc(F)cc3)c2)nc2ccccc21. The molecule has 4 rings (SSSR count). The van der Waals surface area contributed by atoms with Gasteiger partial charge in [0, 0.05) is 17.8 Å². The van der Waals surface area contributed by atoms with Crippen molar-refractivity contribution in [2.24, 2.45) is 0 Å². The van der Waals surface area contributed by atoms with Crippen molar-refractivity contribution in [2.75, 3.05) is 4.72 Å². The third-order valence-corrected chi connectivity index (χ3v) is 6.62. The topological polar surface area (TPSA) is 93.1 Å². The lowest BCUT2D eigenvalue weighted by atomic mass is 10.2. The van der Waals surface area contributed by atoms with E-state index in [9.17, 15) is 17.6 Å². The van der Waals surface area contributed by atoms with Gasteiger partial charge in [-0.3, -0.25) is 9.52 Å². The molecule has 1 amide bonds. The third kappa shape index (κ3) is 4.73. The standard InChI is InChI=1S/C24H23FN4O3S/c1-3-29-22-10-5-4-9-21(22)27-23(29)16(2)26-24(30)17-7-6-8-20(15-17)33(31,32)28-19-13-11-18(25)12-14-19/h4-16,28H,3H2,1-2H3,(H,26,30). The summed E-state index contributed by atoms with van der Waals surface area (Å²) in [4.78, 5) is 17.5. The molecule has 7 nitrogen and oxygen atoms in total. The van der Waals surface area contributed by atoms with Crippen LogP contribution in [0.2, 0.25) is 0 Å². The number of nitrogens with zero attached hydrogens (tertiary/aromatic N) is 2. The summed E-state index contributed by atoms with van der Waals surface area (Å²) in [6, 6.07) is 18.1. The van der Waals surface area contributed by atoms with Crippen LogP contribution in [0.4, 0.5) is 10.1 Å². The first-order valence-corrected chi connectivity index (χ1v) is 11.9. The van der Waals surface area contributed by atoms with Crippen LogP contribution in [0.15, 0.2) is 77.7 Å². The van der Waals surface area contributed by atoms with E-state index in [1.807, 2.05) is 42.7 Å². The number of hydrogen-bond donors (Lipinski definition) is 2. The van der Waals surface area contributed by atoms with Crippen LogP contribution in [0.1, 0.15) is 36.1 Å². The molecule has 0 aliphatic carbocycles. The Hall–Kier alpha value is -3.72. The van der Waals surface area contributed by atoms with Crippen LogP contribution in [0, 0.1) is 5.82 Å². The first-order chi connectivity index (χ1) is 15.8. The molecule has 1 heterocycles. The van der Waals surface area contributed by atoms with Crippen molar-refractivity contribution in [3.63, 3.8) is 0 Å². The van der Waals surface area contributed by atoms with E-state index in [0.29, 0.717) is 12.4 Å². The number of carbonyl (C=O) groups excluding carboxylic acids is 1. The number of imidazole rings is 1. The highest BCUT2D eigenvalue weighted by atomic mass is 32.2. The molecule has 0 saturated heterocycles. The lowest BCUT2D eigenvalue weighted by molar-refractivity contribution is 0.0937. The molecule has 0 radical (unpaired) electrons. The molecule has 9 heteroatoms. The van der Waals surface area contributed by atoms with E-state index in [1.165, 1.54) is 30.3 Å². The van der Waals surface area contributed by atoms with Crippen molar-refractivity contribution in [1.82, 2.24) is 14.9 Å². The zero-order valence-corrected chi connectivity index (χ0v) is 18.9. The van der Waals surface area contributed by atoms with Crippen molar-refractivity contribution in [3.05, 3.63) is 90.0 Å². The molecule has 1 unspecified atom stereocenters. The van der Waals surface area contributed by atoms with Crippen LogP contribution in [0.5, 0.6) is 0 Å². The molecule has 0 fully saturated rings. The number of carbonyl (C=O) groups is 1. The van der Waals surface area contributed by atoms with Crippen LogP contribution in [-0.2, 0) is 16.6 Å². The first kappa shape index (κ1) is 22.5. The predicted octanol–water partition coefficient (Wildman–Crippen LogP) is 4.49. The quantitative estimate of drug-likeness (QED) is 0.420. The predicted molar refractivity (Wildman–Crippen MR) is 125 cm³/mol. The van der Waals surface area contributed by atoms with E-state index in [2.05, 4.69) is 15.0 Å². The zero-order valence-electron chi connectivity index (χ0n) is 18.1. The van der Waals surface area contributed by atoms with Gasteiger partial charge < -0.3 is 9.88 Å². The van der Waals surface area contributed by atoms with Crippen LogP contribution >= 0.6 is 0 Å². The average molecular weight is 467 g/mol. The van der Waals surface area contributed by atoms with Gasteiger partial charge in [-0.25, -0.2) is 17.8 Å². The minimum Gasteiger partial charge on any atom is -0.342 e. The normalized spacial score (nSPS) is 12.5. The Morgan fingerprint density at radius 1 is 1.06 bits per heavy atom. The lowest BCUT2D eigenvalue weighted by Crippen LogP contribution is -2.29. The summed E-state index contributed by atoms with van der Waals surface area (Å²) in [5.41, 5.74) is 2.24. The number of rotatable bonds is 7. The smallest absolute Gasteiger partial charge is 0.261 e. The molecule has 3 aromatic carbocycles. The molecule has 0 spiro atoms. The lowest BCUT2D eigenvalue weighted by Gasteiger charge is -2.16. The Bertz CT molecular complexity index is 1420. The summed E-state index contributed by atoms with van der Waals surface area (Å²) < 4.78 is 43.0. The fourth-order valence-electron chi connectivity index (χ4n) is 3.64. The largest absolute Gasteiger partial charge is 0.342 e. The van der Waals surface area contributed by atoms with Gasteiger partial charge in [0.15, 0.2) is 0 Å². The first-order valence-electron chi connectivity index (χ1n) is 10.4. The number of hydrogen-bond acceptors (Lipinski definition) is 4. The highest BCUT2D eigenvalue weighted by Crippen LogP contribution is 2.22. The summed E-state index contributed by atoms with van der Waals surface area (Å²) in [5.74, 6) is -0.174. The Morgan fingerprint density at radius 3 is 2.52 bits per heavy atom. The van der Waals surface area contributed by atoms with Gasteiger partial charge >= 0.3 is 0 Å². The summed E-state index contributed by atoms with van der Waals surface area (Å²) in [6.07, 6.45) is 0. The van der Waals surface area contributed by atoms with Crippen molar-refractivity contribution >= 4 is 32.7 Å². The van der Waals surface area contributed by atoms with Crippen LogP contribution in [-0.4, -0.2) is 23.9 Å². The highest BCUT2D eigenvalue weighted by molar-refractivity contribution is 7.92. The van der Waals surface area contributed by atoms with E-state index >= 15 is 0 Å². The summed E-state index contributed by atoms with van der Waals surface area (Å²) in [6.45, 7) is 4.54. The molecule has 170 valence electrons. The number of benzene rings is 3. The Balaban J connectivity index is 1.55. The van der Waals surface area contributed by atoms with Crippen molar-refractivity contribution in [2.45, 2.75) is 31.3 Å². The number of fused-ring (bicyclic) bond motifs is 1. The molecule has 1 atom stereocenters. The number of aryl methyl sites for hydroxylation is 1. The molecule has 33 heavy (non-hydrogen) atoms. The minimum atomic E-state index is -3.96. The fourth-order valence-corrected chi connectivity index (χ4v) is 4.74. The number of aromatic nitrogens is 2. The maximum Gasteiger partial charge on any atom is 0.261 e. The molecule has 1 aromatic heterocycles. The van der Waals surface area contributed by atoms with Gasteiger partial charge in [0.1, 0.15) is 11.6 Å². The average Bonchev–Trinajstić information content (AvgIpc) is 3.19. The number of amides is 1. The monoisotopic (exact) mass is 466 g/mol. The van der Waals surface area contributed by atoms with E-state index in [4.69, 9.17) is 0 Å². The Labute approximate surface area is 191 Å². The van der Waals surface area contributed by atoms with E-state index < -0.39 is 27.8 Å². The second-order valence-corrected chi connectivity index (χ2v) is 9.22. The number of sulfonamides is 1. The maximum absolute atomic E-state index is 13.1. The second-order valence-electron chi connectivity index (χ2n) is 7.54. The van der Waals surface area contributed by atoms with Gasteiger partial charge in [0.25, 0.3) is 15.9 Å². The summed E-state index contributed by atoms with van der Waals surface area (Å²) in [5, 5.41) is 2.90. The molecule has 0 aliphatic heterocycles. The van der Waals surface area contributed by atoms with Crippen molar-refractivity contribution in [3.8, 4) is 0 Å². The number of halogens is 1. The maximum atomic E-state index is 13.1. The van der Waals surface area contributed by atoms with Crippen LogP contribution in [0.3, 0.4) is 0 Å². The molecule has 2 N–H and O–H groups in total. The number of anilines is 1.